The largest absolute Gasteiger partial charge is 0.318 e. The van der Waals surface area contributed by atoms with Crippen LogP contribution in [0.3, 0.4) is 0 Å². The molecule has 3 N–H and O–H groups in total. The van der Waals surface area contributed by atoms with Crippen LogP contribution in [0.15, 0.2) is 12.1 Å². The van der Waals surface area contributed by atoms with Crippen LogP contribution in [0.2, 0.25) is 5.02 Å². The summed E-state index contributed by atoms with van der Waals surface area (Å²) in [6.07, 6.45) is 0. The summed E-state index contributed by atoms with van der Waals surface area (Å²) in [4.78, 5) is 9.67. The van der Waals surface area contributed by atoms with Gasteiger partial charge in [0.1, 0.15) is 11.5 Å². The van der Waals surface area contributed by atoms with E-state index in [0.717, 1.165) is 12.1 Å². The molecule has 0 aliphatic carbocycles. The Bertz CT molecular complexity index is 358. The Labute approximate surface area is 77.4 Å². The van der Waals surface area contributed by atoms with Crippen molar-refractivity contribution in [2.24, 2.45) is 5.84 Å². The van der Waals surface area contributed by atoms with Crippen molar-refractivity contribution in [3.8, 4) is 0 Å². The van der Waals surface area contributed by atoms with Gasteiger partial charge in [0.25, 0.3) is 5.69 Å². The van der Waals surface area contributed by atoms with E-state index in [1.807, 2.05) is 5.43 Å². The molecule has 0 bridgehead atoms. The van der Waals surface area contributed by atoms with Crippen molar-refractivity contribution in [1.29, 1.82) is 0 Å². The average Bonchev–Trinajstić information content (AvgIpc) is 2.08. The summed E-state index contributed by atoms with van der Waals surface area (Å²) in [6, 6.07) is 1.76. The molecule has 0 saturated heterocycles. The van der Waals surface area contributed by atoms with Crippen molar-refractivity contribution in [2.45, 2.75) is 0 Å². The van der Waals surface area contributed by atoms with E-state index < -0.39 is 10.7 Å². The summed E-state index contributed by atoms with van der Waals surface area (Å²) in [5.41, 5.74) is 1.52. The molecular formula is C6H5ClFN3O2. The molecule has 13 heavy (non-hydrogen) atoms. The lowest BCUT2D eigenvalue weighted by molar-refractivity contribution is -0.384. The van der Waals surface area contributed by atoms with Crippen LogP contribution < -0.4 is 11.3 Å². The lowest BCUT2D eigenvalue weighted by atomic mass is 10.2. The topological polar surface area (TPSA) is 81.2 Å². The number of nitro groups is 1. The summed E-state index contributed by atoms with van der Waals surface area (Å²) >= 11 is 5.34. The second kappa shape index (κ2) is 3.55. The molecule has 70 valence electrons. The Morgan fingerprint density at radius 1 is 1.62 bits per heavy atom. The quantitative estimate of drug-likeness (QED) is 0.437. The Balaban J connectivity index is 3.33. The molecule has 1 aromatic rings. The van der Waals surface area contributed by atoms with Gasteiger partial charge in [0.2, 0.25) is 0 Å². The number of anilines is 1. The summed E-state index contributed by atoms with van der Waals surface area (Å²) in [6.45, 7) is 0. The molecule has 7 heteroatoms. The van der Waals surface area contributed by atoms with Gasteiger partial charge >= 0.3 is 0 Å². The van der Waals surface area contributed by atoms with Crippen LogP contribution in [0.1, 0.15) is 0 Å². The van der Waals surface area contributed by atoms with Crippen LogP contribution in [0.5, 0.6) is 0 Å². The highest BCUT2D eigenvalue weighted by atomic mass is 35.5. The van der Waals surface area contributed by atoms with Crippen molar-refractivity contribution in [3.05, 3.63) is 33.1 Å². The molecular weight excluding hydrogens is 201 g/mol. The number of hydrazine groups is 1. The maximum Gasteiger partial charge on any atom is 0.295 e. The number of benzene rings is 1. The number of halogens is 2. The molecule has 0 heterocycles. The Morgan fingerprint density at radius 3 is 2.69 bits per heavy atom. The van der Waals surface area contributed by atoms with Gasteiger partial charge < -0.3 is 5.43 Å². The number of hydrogen-bond donors (Lipinski definition) is 2. The lowest BCUT2D eigenvalue weighted by Crippen LogP contribution is -2.09. The van der Waals surface area contributed by atoms with Gasteiger partial charge in [0.05, 0.1) is 9.95 Å². The lowest BCUT2D eigenvalue weighted by Gasteiger charge is -2.02. The fourth-order valence-corrected chi connectivity index (χ4v) is 0.961. The third-order valence-electron chi connectivity index (χ3n) is 1.39. The molecule has 5 nitrogen and oxygen atoms in total. The van der Waals surface area contributed by atoms with Crippen molar-refractivity contribution in [2.75, 3.05) is 5.43 Å². The number of nitrogens with two attached hydrogens (primary N) is 1. The first kappa shape index (κ1) is 9.69. The smallest absolute Gasteiger partial charge is 0.295 e. The molecule has 0 fully saturated rings. The summed E-state index contributed by atoms with van der Waals surface area (Å²) in [5, 5.41) is 10.1. The zero-order chi connectivity index (χ0) is 10.0. The van der Waals surface area contributed by atoms with E-state index in [4.69, 9.17) is 17.4 Å². The van der Waals surface area contributed by atoms with Gasteiger partial charge in [-0.3, -0.25) is 16.0 Å². The van der Waals surface area contributed by atoms with Crippen LogP contribution in [-0.2, 0) is 0 Å². The molecule has 1 aromatic carbocycles. The normalized spacial score (nSPS) is 9.77. The molecule has 0 radical (unpaired) electrons. The maximum atomic E-state index is 12.8. The molecule has 0 aromatic heterocycles. The predicted octanol–water partition coefficient (Wildman–Crippen LogP) is 1.67. The van der Waals surface area contributed by atoms with Gasteiger partial charge in [0, 0.05) is 12.1 Å². The highest BCUT2D eigenvalue weighted by Crippen LogP contribution is 2.29. The Hall–Kier alpha value is -1.40. The van der Waals surface area contributed by atoms with Crippen molar-refractivity contribution >= 4 is 23.0 Å². The summed E-state index contributed by atoms with van der Waals surface area (Å²) in [5.74, 6) is 4.18. The van der Waals surface area contributed by atoms with Crippen LogP contribution in [0.25, 0.3) is 0 Å². The van der Waals surface area contributed by atoms with Gasteiger partial charge in [-0.05, 0) is 0 Å². The number of nitrogens with zero attached hydrogens (tertiary/aromatic N) is 1. The monoisotopic (exact) mass is 205 g/mol. The SMILES string of the molecule is NNc1cc(F)c(Cl)cc1[N+](=O)[O-]. The molecule has 0 saturated carbocycles. The molecule has 0 spiro atoms. The maximum absolute atomic E-state index is 12.8. The third kappa shape index (κ3) is 1.85. The third-order valence-corrected chi connectivity index (χ3v) is 1.68. The molecule has 0 atom stereocenters. The van der Waals surface area contributed by atoms with Crippen molar-refractivity contribution < 1.29 is 9.31 Å². The van der Waals surface area contributed by atoms with Crippen LogP contribution in [0.4, 0.5) is 15.8 Å². The van der Waals surface area contributed by atoms with E-state index in [0.29, 0.717) is 0 Å². The Kier molecular flexibility index (Phi) is 2.64. The fourth-order valence-electron chi connectivity index (χ4n) is 0.803. The minimum absolute atomic E-state index is 0.119. The fraction of sp³-hybridized carbons (Fsp3) is 0. The molecule has 0 unspecified atom stereocenters. The van der Waals surface area contributed by atoms with E-state index in [2.05, 4.69) is 0 Å². The van der Waals surface area contributed by atoms with Crippen LogP contribution in [0, 0.1) is 15.9 Å². The van der Waals surface area contributed by atoms with Gasteiger partial charge in [-0.1, -0.05) is 11.6 Å². The first-order chi connectivity index (χ1) is 6.06. The molecule has 0 aliphatic heterocycles. The van der Waals surface area contributed by atoms with Gasteiger partial charge in [0.15, 0.2) is 0 Å². The zero-order valence-electron chi connectivity index (χ0n) is 6.25. The summed E-state index contributed by atoms with van der Waals surface area (Å²) in [7, 11) is 0. The minimum atomic E-state index is -0.764. The first-order valence-electron chi connectivity index (χ1n) is 3.16. The number of nitrogen functional groups attached to an aromatic ring is 1. The van der Waals surface area contributed by atoms with E-state index >= 15 is 0 Å². The van der Waals surface area contributed by atoms with E-state index in [9.17, 15) is 14.5 Å². The average molecular weight is 206 g/mol. The molecule has 0 aliphatic rings. The van der Waals surface area contributed by atoms with Crippen LogP contribution >= 0.6 is 11.6 Å². The van der Waals surface area contributed by atoms with Crippen LogP contribution in [-0.4, -0.2) is 4.92 Å². The number of nitro benzene ring substituents is 1. The van der Waals surface area contributed by atoms with E-state index in [1.165, 1.54) is 0 Å². The number of rotatable bonds is 2. The summed E-state index contributed by atoms with van der Waals surface area (Å²) < 4.78 is 12.8. The van der Waals surface area contributed by atoms with Crippen molar-refractivity contribution in [1.82, 2.24) is 0 Å². The number of nitrogens with one attached hydrogen (secondary N) is 1. The second-order valence-electron chi connectivity index (χ2n) is 2.18. The second-order valence-corrected chi connectivity index (χ2v) is 2.59. The first-order valence-corrected chi connectivity index (χ1v) is 3.54. The highest BCUT2D eigenvalue weighted by molar-refractivity contribution is 6.31. The van der Waals surface area contributed by atoms with Gasteiger partial charge in [-0.15, -0.1) is 0 Å². The minimum Gasteiger partial charge on any atom is -0.318 e. The Morgan fingerprint density at radius 2 is 2.23 bits per heavy atom. The van der Waals surface area contributed by atoms with E-state index in [1.54, 1.807) is 0 Å². The van der Waals surface area contributed by atoms with E-state index in [-0.39, 0.29) is 16.4 Å². The number of hydrogen-bond acceptors (Lipinski definition) is 4. The molecule has 1 rings (SSSR count). The van der Waals surface area contributed by atoms with Gasteiger partial charge in [-0.25, -0.2) is 4.39 Å². The van der Waals surface area contributed by atoms with Gasteiger partial charge in [-0.2, -0.15) is 0 Å². The standard InChI is InChI=1S/C6H5ClFN3O2/c7-3-1-6(11(12)13)5(10-9)2-4(3)8/h1-2,10H,9H2. The molecule has 0 amide bonds. The predicted molar refractivity (Wildman–Crippen MR) is 45.9 cm³/mol. The van der Waals surface area contributed by atoms with Crippen molar-refractivity contribution in [3.63, 3.8) is 0 Å². The highest BCUT2D eigenvalue weighted by Gasteiger charge is 2.16. The zero-order valence-corrected chi connectivity index (χ0v) is 7.01.